The lowest BCUT2D eigenvalue weighted by molar-refractivity contribution is 0.0299. The molecule has 0 amide bonds. The molecular weight excluding hydrogens is 233 g/mol. The van der Waals surface area contributed by atoms with Crippen molar-refractivity contribution in [3.63, 3.8) is 0 Å². The lowest BCUT2D eigenvalue weighted by Gasteiger charge is -2.27. The Morgan fingerprint density at radius 2 is 2.20 bits per heavy atom. The second-order valence-corrected chi connectivity index (χ2v) is 4.39. The highest BCUT2D eigenvalue weighted by atomic mass is 35.5. The van der Waals surface area contributed by atoms with Gasteiger partial charge in [-0.05, 0) is 23.3 Å². The first-order chi connectivity index (χ1) is 6.84. The number of hydrogen-bond acceptors (Lipinski definition) is 2. The van der Waals surface area contributed by atoms with E-state index < -0.39 is 0 Å². The highest BCUT2D eigenvalue weighted by Gasteiger charge is 2.34. The van der Waals surface area contributed by atoms with Crippen molar-refractivity contribution in [3.8, 4) is 0 Å². The van der Waals surface area contributed by atoms with Crippen molar-refractivity contribution in [2.75, 3.05) is 13.1 Å². The number of ether oxygens (including phenoxy) is 1. The molecule has 0 unspecified atom stereocenters. The number of rotatable bonds is 0. The molecule has 0 saturated carbocycles. The van der Waals surface area contributed by atoms with E-state index in [-0.39, 0.29) is 12.4 Å². The van der Waals surface area contributed by atoms with E-state index in [2.05, 4.69) is 17.4 Å². The molecule has 1 aromatic carbocycles. The van der Waals surface area contributed by atoms with E-state index in [0.717, 1.165) is 24.7 Å². The van der Waals surface area contributed by atoms with Crippen molar-refractivity contribution in [1.82, 2.24) is 5.32 Å². The van der Waals surface area contributed by atoms with Gasteiger partial charge in [0.25, 0.3) is 0 Å². The Morgan fingerprint density at radius 3 is 3.07 bits per heavy atom. The zero-order chi connectivity index (χ0) is 9.54. The zero-order valence-corrected chi connectivity index (χ0v) is 9.77. The maximum Gasteiger partial charge on any atom is 0.0784 e. The van der Waals surface area contributed by atoms with E-state index in [0.29, 0.717) is 12.0 Å². The van der Waals surface area contributed by atoms with E-state index in [1.807, 2.05) is 6.07 Å². The van der Waals surface area contributed by atoms with Crippen LogP contribution in [0, 0.1) is 0 Å². The van der Waals surface area contributed by atoms with Crippen LogP contribution in [0.15, 0.2) is 18.2 Å². The van der Waals surface area contributed by atoms with Crippen molar-refractivity contribution in [2.24, 2.45) is 0 Å². The van der Waals surface area contributed by atoms with Crippen molar-refractivity contribution in [2.45, 2.75) is 18.6 Å². The van der Waals surface area contributed by atoms with Gasteiger partial charge in [0.1, 0.15) is 0 Å². The summed E-state index contributed by atoms with van der Waals surface area (Å²) in [5.41, 5.74) is 2.66. The number of hydrogen-bond donors (Lipinski definition) is 1. The first-order valence-electron chi connectivity index (χ1n) is 4.95. The second-order valence-electron chi connectivity index (χ2n) is 3.96. The van der Waals surface area contributed by atoms with Gasteiger partial charge in [0.2, 0.25) is 0 Å². The lowest BCUT2D eigenvalue weighted by Crippen LogP contribution is -2.26. The molecule has 82 valence electrons. The zero-order valence-electron chi connectivity index (χ0n) is 8.20. The molecule has 2 nitrogen and oxygen atoms in total. The molecule has 1 fully saturated rings. The van der Waals surface area contributed by atoms with Crippen LogP contribution in [0.1, 0.15) is 17.0 Å². The molecule has 1 aromatic rings. The molecule has 1 saturated heterocycles. The maximum atomic E-state index is 6.01. The quantitative estimate of drug-likeness (QED) is 0.758. The van der Waals surface area contributed by atoms with Crippen LogP contribution in [0.25, 0.3) is 0 Å². The van der Waals surface area contributed by atoms with Crippen LogP contribution in [0.3, 0.4) is 0 Å². The fourth-order valence-electron chi connectivity index (χ4n) is 2.38. The van der Waals surface area contributed by atoms with Crippen LogP contribution in [0.5, 0.6) is 0 Å². The average Bonchev–Trinajstić information content (AvgIpc) is 2.65. The number of nitrogens with one attached hydrogen (secondary N) is 1. The molecule has 0 bridgehead atoms. The smallest absolute Gasteiger partial charge is 0.0784 e. The summed E-state index contributed by atoms with van der Waals surface area (Å²) in [5.74, 6) is 0.498. The van der Waals surface area contributed by atoms with Gasteiger partial charge in [-0.2, -0.15) is 0 Å². The van der Waals surface area contributed by atoms with Crippen LogP contribution in [0.4, 0.5) is 0 Å². The summed E-state index contributed by atoms with van der Waals surface area (Å²) >= 11 is 6.01. The van der Waals surface area contributed by atoms with Crippen molar-refractivity contribution >= 4 is 24.0 Å². The van der Waals surface area contributed by atoms with E-state index in [9.17, 15) is 0 Å². The molecule has 2 atom stereocenters. The van der Waals surface area contributed by atoms with Gasteiger partial charge in [-0.1, -0.05) is 17.7 Å². The average molecular weight is 246 g/mol. The normalized spacial score (nSPS) is 27.8. The molecule has 0 aromatic heterocycles. The van der Waals surface area contributed by atoms with Gasteiger partial charge in [0, 0.05) is 24.0 Å². The topological polar surface area (TPSA) is 21.3 Å². The van der Waals surface area contributed by atoms with Crippen molar-refractivity contribution < 1.29 is 4.74 Å². The van der Waals surface area contributed by atoms with Gasteiger partial charge in [0.05, 0.1) is 12.7 Å². The van der Waals surface area contributed by atoms with Gasteiger partial charge in [-0.15, -0.1) is 12.4 Å². The summed E-state index contributed by atoms with van der Waals surface area (Å²) < 4.78 is 5.76. The SMILES string of the molecule is Cl.Clc1ccc2c(c1)[C@@H]1CNC[C@@H]1OC2. The predicted octanol–water partition coefficient (Wildman–Crippen LogP) is 2.35. The minimum atomic E-state index is 0. The molecule has 2 heterocycles. The molecule has 0 spiro atoms. The number of fused-ring (bicyclic) bond motifs is 3. The summed E-state index contributed by atoms with van der Waals surface area (Å²) in [6.45, 7) is 2.71. The summed E-state index contributed by atoms with van der Waals surface area (Å²) in [4.78, 5) is 0. The summed E-state index contributed by atoms with van der Waals surface area (Å²) in [5, 5.41) is 4.19. The van der Waals surface area contributed by atoms with Crippen LogP contribution < -0.4 is 5.32 Å². The molecular formula is C11H13Cl2NO. The Balaban J connectivity index is 0.000000853. The summed E-state index contributed by atoms with van der Waals surface area (Å²) in [6, 6.07) is 6.10. The number of halogens is 2. The maximum absolute atomic E-state index is 6.01. The van der Waals surface area contributed by atoms with Crippen LogP contribution in [-0.4, -0.2) is 19.2 Å². The van der Waals surface area contributed by atoms with Gasteiger partial charge >= 0.3 is 0 Å². The van der Waals surface area contributed by atoms with Crippen LogP contribution in [-0.2, 0) is 11.3 Å². The first kappa shape index (κ1) is 11.2. The molecule has 2 aliphatic rings. The Hall–Kier alpha value is -0.280. The van der Waals surface area contributed by atoms with E-state index >= 15 is 0 Å². The van der Waals surface area contributed by atoms with Gasteiger partial charge < -0.3 is 10.1 Å². The molecule has 3 rings (SSSR count). The van der Waals surface area contributed by atoms with Crippen LogP contribution >= 0.6 is 24.0 Å². The minimum absolute atomic E-state index is 0. The van der Waals surface area contributed by atoms with Crippen molar-refractivity contribution in [1.29, 1.82) is 0 Å². The number of benzene rings is 1. The van der Waals surface area contributed by atoms with E-state index in [4.69, 9.17) is 16.3 Å². The summed E-state index contributed by atoms with van der Waals surface area (Å²) in [6.07, 6.45) is 0.348. The highest BCUT2D eigenvalue weighted by Crippen LogP contribution is 2.34. The lowest BCUT2D eigenvalue weighted by atomic mass is 9.90. The Bertz CT molecular complexity index is 370. The van der Waals surface area contributed by atoms with Gasteiger partial charge in [-0.3, -0.25) is 0 Å². The van der Waals surface area contributed by atoms with Gasteiger partial charge in [0.15, 0.2) is 0 Å². The van der Waals surface area contributed by atoms with E-state index in [1.165, 1.54) is 11.1 Å². The molecule has 0 aliphatic carbocycles. The fraction of sp³-hybridized carbons (Fsp3) is 0.455. The molecule has 4 heteroatoms. The Kier molecular flexibility index (Phi) is 3.21. The fourth-order valence-corrected chi connectivity index (χ4v) is 2.56. The third-order valence-electron chi connectivity index (χ3n) is 3.12. The molecule has 0 radical (unpaired) electrons. The molecule has 2 aliphatic heterocycles. The highest BCUT2D eigenvalue weighted by molar-refractivity contribution is 6.30. The Labute approximate surface area is 100 Å². The second kappa shape index (κ2) is 4.30. The monoisotopic (exact) mass is 245 g/mol. The third-order valence-corrected chi connectivity index (χ3v) is 3.35. The largest absolute Gasteiger partial charge is 0.372 e. The van der Waals surface area contributed by atoms with Crippen molar-refractivity contribution in [3.05, 3.63) is 34.3 Å². The van der Waals surface area contributed by atoms with Crippen LogP contribution in [0.2, 0.25) is 5.02 Å². The van der Waals surface area contributed by atoms with Gasteiger partial charge in [-0.25, -0.2) is 0 Å². The van der Waals surface area contributed by atoms with E-state index in [1.54, 1.807) is 0 Å². The first-order valence-corrected chi connectivity index (χ1v) is 5.33. The predicted molar refractivity (Wildman–Crippen MR) is 62.9 cm³/mol. The molecule has 15 heavy (non-hydrogen) atoms. The molecule has 1 N–H and O–H groups in total. The summed E-state index contributed by atoms with van der Waals surface area (Å²) in [7, 11) is 0. The third kappa shape index (κ3) is 1.87. The Morgan fingerprint density at radius 1 is 1.33 bits per heavy atom. The minimum Gasteiger partial charge on any atom is -0.372 e. The standard InChI is InChI=1S/C11H12ClNO.ClH/c12-8-2-1-7-6-14-11-5-13-4-10(11)9(7)3-8;/h1-3,10-11,13H,4-6H2;1H/t10-,11-;/m0./s1.